The van der Waals surface area contributed by atoms with E-state index in [4.69, 9.17) is 0 Å². The minimum Gasteiger partial charge on any atom is -0.372 e. The fourth-order valence-electron chi connectivity index (χ4n) is 4.42. The summed E-state index contributed by atoms with van der Waals surface area (Å²) in [6.07, 6.45) is 5.40. The smallest absolute Gasteiger partial charge is 0.268 e. The van der Waals surface area contributed by atoms with Crippen molar-refractivity contribution in [2.24, 2.45) is 5.92 Å². The Bertz CT molecular complexity index is 1280. The minimum absolute atomic E-state index is 0.100. The van der Waals surface area contributed by atoms with Crippen molar-refractivity contribution in [1.29, 1.82) is 0 Å². The molecule has 0 saturated carbocycles. The zero-order valence-corrected chi connectivity index (χ0v) is 19.4. The molecule has 1 saturated heterocycles. The summed E-state index contributed by atoms with van der Waals surface area (Å²) in [7, 11) is -3.77. The van der Waals surface area contributed by atoms with Gasteiger partial charge in [-0.2, -0.15) is 0 Å². The maximum Gasteiger partial charge on any atom is 0.268 e. The number of rotatable bonds is 5. The molecule has 0 bridgehead atoms. The van der Waals surface area contributed by atoms with Gasteiger partial charge in [-0.3, -0.25) is 4.31 Å². The topological polar surface area (TPSA) is 78.4 Å². The Kier molecular flexibility index (Phi) is 5.54. The Morgan fingerprint density at radius 3 is 2.58 bits per heavy atom. The van der Waals surface area contributed by atoms with E-state index in [1.165, 1.54) is 29.0 Å². The molecule has 33 heavy (non-hydrogen) atoms. The second-order valence-corrected chi connectivity index (χ2v) is 10.4. The van der Waals surface area contributed by atoms with Crippen molar-refractivity contribution in [3.05, 3.63) is 67.4 Å². The van der Waals surface area contributed by atoms with Crippen molar-refractivity contribution in [2.75, 3.05) is 34.2 Å². The second-order valence-electron chi connectivity index (χ2n) is 8.59. The number of anilines is 4. The third-order valence-corrected chi connectivity index (χ3v) is 8.10. The number of piperidine rings is 1. The number of para-hydroxylation sites is 1. The third kappa shape index (κ3) is 3.95. The van der Waals surface area contributed by atoms with Gasteiger partial charge in [0.15, 0.2) is 0 Å². The standard InChI is InChI=1S/C25H27N5O2S/c1-3-14-30-22-7-5-4-6-21(22)24-23(33(30,31)32)17-26-25(28-24)27-19-8-10-20(11-9-19)29-15-12-18(2)13-16-29/h3-11,17-18H,1,12-16H2,2H3,(H,26,27,28). The lowest BCUT2D eigenvalue weighted by molar-refractivity contribution is 0.438. The highest BCUT2D eigenvalue weighted by molar-refractivity contribution is 7.93. The average Bonchev–Trinajstić information content (AvgIpc) is 2.83. The van der Waals surface area contributed by atoms with Crippen molar-refractivity contribution >= 4 is 33.0 Å². The zero-order valence-electron chi connectivity index (χ0n) is 18.6. The maximum atomic E-state index is 13.2. The summed E-state index contributed by atoms with van der Waals surface area (Å²) in [6, 6.07) is 15.6. The van der Waals surface area contributed by atoms with Crippen LogP contribution in [0.5, 0.6) is 0 Å². The minimum atomic E-state index is -3.77. The maximum absolute atomic E-state index is 13.2. The average molecular weight is 462 g/mol. The molecule has 5 rings (SSSR count). The number of sulfonamides is 1. The largest absolute Gasteiger partial charge is 0.372 e. The molecule has 2 aliphatic heterocycles. The molecule has 1 aromatic heterocycles. The molecule has 8 heteroatoms. The van der Waals surface area contributed by atoms with E-state index in [2.05, 4.69) is 45.8 Å². The van der Waals surface area contributed by atoms with Crippen LogP contribution in [0.1, 0.15) is 19.8 Å². The normalized spacial score (nSPS) is 17.2. The van der Waals surface area contributed by atoms with E-state index in [-0.39, 0.29) is 11.4 Å². The van der Waals surface area contributed by atoms with Gasteiger partial charge in [-0.05, 0) is 49.1 Å². The molecule has 3 aromatic rings. The summed E-state index contributed by atoms with van der Waals surface area (Å²) < 4.78 is 27.8. The van der Waals surface area contributed by atoms with Crippen LogP contribution in [-0.4, -0.2) is 38.0 Å². The fraction of sp³-hybridized carbons (Fsp3) is 0.280. The molecule has 1 N–H and O–H groups in total. The number of benzene rings is 2. The quantitative estimate of drug-likeness (QED) is 0.549. The van der Waals surface area contributed by atoms with Gasteiger partial charge in [0.1, 0.15) is 4.90 Å². The van der Waals surface area contributed by atoms with Gasteiger partial charge < -0.3 is 10.2 Å². The number of nitrogens with one attached hydrogen (secondary N) is 1. The highest BCUT2D eigenvalue weighted by Gasteiger charge is 2.35. The SMILES string of the molecule is C=CCN1c2ccccc2-c2nc(Nc3ccc(N4CCC(C)CC4)cc3)ncc2S1(=O)=O. The van der Waals surface area contributed by atoms with Crippen LogP contribution in [0.2, 0.25) is 0 Å². The fourth-order valence-corrected chi connectivity index (χ4v) is 5.96. The molecule has 0 unspecified atom stereocenters. The summed E-state index contributed by atoms with van der Waals surface area (Å²) in [4.78, 5) is 11.4. The van der Waals surface area contributed by atoms with Gasteiger partial charge in [-0.25, -0.2) is 18.4 Å². The van der Waals surface area contributed by atoms with Crippen molar-refractivity contribution < 1.29 is 8.42 Å². The predicted molar refractivity (Wildman–Crippen MR) is 133 cm³/mol. The molecule has 0 aliphatic carbocycles. The lowest BCUT2D eigenvalue weighted by Crippen LogP contribution is -2.35. The van der Waals surface area contributed by atoms with Gasteiger partial charge in [0.2, 0.25) is 5.95 Å². The molecule has 2 aliphatic rings. The predicted octanol–water partition coefficient (Wildman–Crippen LogP) is 4.82. The molecule has 1 fully saturated rings. The second kappa shape index (κ2) is 8.51. The molecule has 0 atom stereocenters. The zero-order chi connectivity index (χ0) is 23.0. The molecule has 3 heterocycles. The van der Waals surface area contributed by atoms with Crippen LogP contribution in [0.25, 0.3) is 11.3 Å². The van der Waals surface area contributed by atoms with E-state index in [1.54, 1.807) is 12.1 Å². The van der Waals surface area contributed by atoms with Crippen LogP contribution < -0.4 is 14.5 Å². The molecular weight excluding hydrogens is 434 g/mol. The first kappa shape index (κ1) is 21.5. The first-order valence-electron chi connectivity index (χ1n) is 11.2. The van der Waals surface area contributed by atoms with Gasteiger partial charge >= 0.3 is 0 Å². The van der Waals surface area contributed by atoms with Gasteiger partial charge in [-0.15, -0.1) is 6.58 Å². The summed E-state index contributed by atoms with van der Waals surface area (Å²) in [6.45, 7) is 8.35. The highest BCUT2D eigenvalue weighted by atomic mass is 32.2. The van der Waals surface area contributed by atoms with Gasteiger partial charge in [0, 0.05) is 30.0 Å². The third-order valence-electron chi connectivity index (χ3n) is 6.32. The molecule has 2 aromatic carbocycles. The summed E-state index contributed by atoms with van der Waals surface area (Å²) >= 11 is 0. The Hall–Kier alpha value is -3.39. The van der Waals surface area contributed by atoms with E-state index in [0.29, 0.717) is 17.3 Å². The Balaban J connectivity index is 1.43. The van der Waals surface area contributed by atoms with Crippen molar-refractivity contribution in [3.8, 4) is 11.3 Å². The van der Waals surface area contributed by atoms with Crippen LogP contribution in [0.4, 0.5) is 23.0 Å². The van der Waals surface area contributed by atoms with E-state index in [1.807, 2.05) is 30.3 Å². The van der Waals surface area contributed by atoms with Crippen LogP contribution in [-0.2, 0) is 10.0 Å². The van der Waals surface area contributed by atoms with Crippen molar-refractivity contribution in [3.63, 3.8) is 0 Å². The lowest BCUT2D eigenvalue weighted by atomic mass is 9.99. The lowest BCUT2D eigenvalue weighted by Gasteiger charge is -2.32. The number of aromatic nitrogens is 2. The van der Waals surface area contributed by atoms with Gasteiger partial charge in [-0.1, -0.05) is 31.2 Å². The molecule has 0 spiro atoms. The van der Waals surface area contributed by atoms with Crippen LogP contribution >= 0.6 is 0 Å². The number of hydrogen-bond acceptors (Lipinski definition) is 6. The first-order chi connectivity index (χ1) is 16.0. The Labute approximate surface area is 194 Å². The number of hydrogen-bond donors (Lipinski definition) is 1. The number of nitrogens with zero attached hydrogens (tertiary/aromatic N) is 4. The van der Waals surface area contributed by atoms with Crippen LogP contribution in [0.15, 0.2) is 72.3 Å². The van der Waals surface area contributed by atoms with E-state index in [9.17, 15) is 8.42 Å². The Morgan fingerprint density at radius 1 is 1.12 bits per heavy atom. The molecule has 7 nitrogen and oxygen atoms in total. The van der Waals surface area contributed by atoms with Crippen LogP contribution in [0, 0.1) is 5.92 Å². The summed E-state index contributed by atoms with van der Waals surface area (Å²) in [5, 5.41) is 3.22. The van der Waals surface area contributed by atoms with E-state index >= 15 is 0 Å². The Morgan fingerprint density at radius 2 is 1.85 bits per heavy atom. The molecule has 0 amide bonds. The van der Waals surface area contributed by atoms with Gasteiger partial charge in [0.25, 0.3) is 10.0 Å². The molecular formula is C25H27N5O2S. The van der Waals surface area contributed by atoms with Crippen molar-refractivity contribution in [1.82, 2.24) is 9.97 Å². The van der Waals surface area contributed by atoms with E-state index in [0.717, 1.165) is 30.3 Å². The number of fused-ring (bicyclic) bond motifs is 3. The van der Waals surface area contributed by atoms with Gasteiger partial charge in [0.05, 0.1) is 24.1 Å². The van der Waals surface area contributed by atoms with E-state index < -0.39 is 10.0 Å². The summed E-state index contributed by atoms with van der Waals surface area (Å²) in [5.74, 6) is 1.15. The van der Waals surface area contributed by atoms with Crippen molar-refractivity contribution in [2.45, 2.75) is 24.7 Å². The molecule has 0 radical (unpaired) electrons. The summed E-state index contributed by atoms with van der Waals surface area (Å²) in [5.41, 5.74) is 3.81. The monoisotopic (exact) mass is 461 g/mol. The highest BCUT2D eigenvalue weighted by Crippen LogP contribution is 2.42. The molecule has 170 valence electrons. The first-order valence-corrected chi connectivity index (χ1v) is 12.6. The van der Waals surface area contributed by atoms with Crippen LogP contribution in [0.3, 0.4) is 0 Å².